The molecule has 2 aromatic carbocycles. The van der Waals surface area contributed by atoms with E-state index in [-0.39, 0.29) is 31.2 Å². The molecule has 0 spiro atoms. The summed E-state index contributed by atoms with van der Waals surface area (Å²) in [5.41, 5.74) is 2.36. The van der Waals surface area contributed by atoms with Crippen molar-refractivity contribution in [3.8, 4) is 0 Å². The Balaban J connectivity index is 1.65. The van der Waals surface area contributed by atoms with Crippen LogP contribution in [-0.2, 0) is 21.2 Å². The minimum Gasteiger partial charge on any atom is -0.340 e. The van der Waals surface area contributed by atoms with Gasteiger partial charge in [-0.2, -0.15) is 4.31 Å². The lowest BCUT2D eigenvalue weighted by Crippen LogP contribution is -2.50. The van der Waals surface area contributed by atoms with Gasteiger partial charge in [0.2, 0.25) is 15.9 Å². The molecule has 0 bridgehead atoms. The second-order valence-corrected chi connectivity index (χ2v) is 8.76. The summed E-state index contributed by atoms with van der Waals surface area (Å²) in [5.74, 6) is -0.415. The number of sulfonamides is 1. The Bertz CT molecular complexity index is 934. The predicted molar refractivity (Wildman–Crippen MR) is 101 cm³/mol. The van der Waals surface area contributed by atoms with Crippen molar-refractivity contribution in [2.45, 2.75) is 25.2 Å². The van der Waals surface area contributed by atoms with Gasteiger partial charge in [0.1, 0.15) is 5.82 Å². The normalized spacial score (nSPS) is 15.7. The highest BCUT2D eigenvalue weighted by atomic mass is 32.2. The van der Waals surface area contributed by atoms with E-state index in [0.29, 0.717) is 18.0 Å². The van der Waals surface area contributed by atoms with Crippen LogP contribution < -0.4 is 0 Å². The third-order valence-electron chi connectivity index (χ3n) is 4.82. The van der Waals surface area contributed by atoms with Crippen molar-refractivity contribution in [3.63, 3.8) is 0 Å². The van der Waals surface area contributed by atoms with Crippen molar-refractivity contribution in [3.05, 3.63) is 65.0 Å². The summed E-state index contributed by atoms with van der Waals surface area (Å²) < 4.78 is 40.3. The summed E-state index contributed by atoms with van der Waals surface area (Å²) in [6, 6.07) is 11.2. The van der Waals surface area contributed by atoms with E-state index in [1.807, 2.05) is 19.1 Å². The minimum absolute atomic E-state index is 0.0783. The zero-order valence-corrected chi connectivity index (χ0v) is 16.3. The lowest BCUT2D eigenvalue weighted by Gasteiger charge is -2.34. The average molecular weight is 390 g/mol. The number of aryl methyl sites for hydroxylation is 2. The van der Waals surface area contributed by atoms with Gasteiger partial charge in [-0.25, -0.2) is 12.8 Å². The lowest BCUT2D eigenvalue weighted by molar-refractivity contribution is -0.131. The molecule has 2 aromatic rings. The fraction of sp³-hybridized carbons (Fsp3) is 0.350. The van der Waals surface area contributed by atoms with Gasteiger partial charge in [-0.1, -0.05) is 24.3 Å². The Morgan fingerprint density at radius 2 is 1.63 bits per heavy atom. The largest absolute Gasteiger partial charge is 0.340 e. The van der Waals surface area contributed by atoms with Crippen molar-refractivity contribution in [2.75, 3.05) is 26.2 Å². The van der Waals surface area contributed by atoms with Gasteiger partial charge in [0, 0.05) is 26.2 Å². The van der Waals surface area contributed by atoms with Gasteiger partial charge < -0.3 is 4.90 Å². The molecular formula is C20H23FN2O3S. The lowest BCUT2D eigenvalue weighted by atomic mass is 10.1. The standard InChI is InChI=1S/C20H23FN2O3S/c1-15-3-4-16(2)19(13-15)27(25,26)23-11-9-22(10-12-23)20(24)14-17-5-7-18(21)8-6-17/h3-8,13H,9-12,14H2,1-2H3. The monoisotopic (exact) mass is 390 g/mol. The van der Waals surface area contributed by atoms with E-state index in [0.717, 1.165) is 16.7 Å². The summed E-state index contributed by atoms with van der Waals surface area (Å²) in [6.45, 7) is 4.89. The number of amides is 1. The van der Waals surface area contributed by atoms with Gasteiger partial charge in [-0.05, 0) is 48.7 Å². The first-order chi connectivity index (χ1) is 12.8. The van der Waals surface area contributed by atoms with Crippen LogP contribution in [0, 0.1) is 19.7 Å². The molecule has 7 heteroatoms. The van der Waals surface area contributed by atoms with E-state index in [2.05, 4.69) is 0 Å². The summed E-state index contributed by atoms with van der Waals surface area (Å²) in [5, 5.41) is 0. The Labute approximate surface area is 159 Å². The van der Waals surface area contributed by atoms with Crippen LogP contribution in [0.4, 0.5) is 4.39 Å². The van der Waals surface area contributed by atoms with Gasteiger partial charge in [0.05, 0.1) is 11.3 Å². The van der Waals surface area contributed by atoms with Crippen molar-refractivity contribution >= 4 is 15.9 Å². The number of benzene rings is 2. The molecule has 1 fully saturated rings. The smallest absolute Gasteiger partial charge is 0.243 e. The van der Waals surface area contributed by atoms with Crippen LogP contribution in [0.15, 0.2) is 47.4 Å². The number of carbonyl (C=O) groups is 1. The third-order valence-corrected chi connectivity index (χ3v) is 6.86. The van der Waals surface area contributed by atoms with Gasteiger partial charge >= 0.3 is 0 Å². The summed E-state index contributed by atoms with van der Waals surface area (Å²) >= 11 is 0. The Kier molecular flexibility index (Phi) is 5.62. The van der Waals surface area contributed by atoms with E-state index >= 15 is 0 Å². The molecule has 1 aliphatic rings. The van der Waals surface area contributed by atoms with Crippen LogP contribution in [0.3, 0.4) is 0 Å². The molecule has 27 heavy (non-hydrogen) atoms. The van der Waals surface area contributed by atoms with Gasteiger partial charge in [0.15, 0.2) is 0 Å². The van der Waals surface area contributed by atoms with Crippen LogP contribution in [0.2, 0.25) is 0 Å². The van der Waals surface area contributed by atoms with E-state index in [4.69, 9.17) is 0 Å². The minimum atomic E-state index is -3.57. The molecule has 1 heterocycles. The number of hydrogen-bond donors (Lipinski definition) is 0. The van der Waals surface area contributed by atoms with Gasteiger partial charge in [-0.3, -0.25) is 4.79 Å². The molecule has 0 atom stereocenters. The van der Waals surface area contributed by atoms with Crippen molar-refractivity contribution in [2.24, 2.45) is 0 Å². The first-order valence-corrected chi connectivity index (χ1v) is 10.3. The summed E-state index contributed by atoms with van der Waals surface area (Å²) in [6.07, 6.45) is 0.185. The Morgan fingerprint density at radius 3 is 2.26 bits per heavy atom. The number of hydrogen-bond acceptors (Lipinski definition) is 3. The summed E-state index contributed by atoms with van der Waals surface area (Å²) in [4.78, 5) is 14.4. The second-order valence-electron chi connectivity index (χ2n) is 6.86. The molecule has 1 aliphatic heterocycles. The van der Waals surface area contributed by atoms with Crippen LogP contribution in [0.25, 0.3) is 0 Å². The van der Waals surface area contributed by atoms with E-state index < -0.39 is 10.0 Å². The average Bonchev–Trinajstić information content (AvgIpc) is 2.65. The molecular weight excluding hydrogens is 367 g/mol. The van der Waals surface area contributed by atoms with Crippen molar-refractivity contribution < 1.29 is 17.6 Å². The predicted octanol–water partition coefficient (Wildman–Crippen LogP) is 2.52. The van der Waals surface area contributed by atoms with Crippen molar-refractivity contribution in [1.29, 1.82) is 0 Å². The molecule has 144 valence electrons. The Hall–Kier alpha value is -2.25. The van der Waals surface area contributed by atoms with E-state index in [1.54, 1.807) is 30.0 Å². The highest BCUT2D eigenvalue weighted by Gasteiger charge is 2.31. The molecule has 0 N–H and O–H groups in total. The highest BCUT2D eigenvalue weighted by Crippen LogP contribution is 2.22. The first-order valence-electron chi connectivity index (χ1n) is 8.87. The second kappa shape index (κ2) is 7.78. The molecule has 3 rings (SSSR count). The zero-order chi connectivity index (χ0) is 19.6. The van der Waals surface area contributed by atoms with Gasteiger partial charge in [0.25, 0.3) is 0 Å². The number of piperazine rings is 1. The van der Waals surface area contributed by atoms with Crippen molar-refractivity contribution in [1.82, 2.24) is 9.21 Å². The van der Waals surface area contributed by atoms with E-state index in [1.165, 1.54) is 16.4 Å². The molecule has 5 nitrogen and oxygen atoms in total. The molecule has 1 amide bonds. The van der Waals surface area contributed by atoms with Crippen LogP contribution in [0.1, 0.15) is 16.7 Å². The number of halogens is 1. The van der Waals surface area contributed by atoms with Crippen LogP contribution >= 0.6 is 0 Å². The van der Waals surface area contributed by atoms with Crippen LogP contribution in [0.5, 0.6) is 0 Å². The fourth-order valence-electron chi connectivity index (χ4n) is 3.19. The maximum atomic E-state index is 13.0. The topological polar surface area (TPSA) is 57.7 Å². The Morgan fingerprint density at radius 1 is 1.00 bits per heavy atom. The van der Waals surface area contributed by atoms with E-state index in [9.17, 15) is 17.6 Å². The maximum absolute atomic E-state index is 13.0. The summed E-state index contributed by atoms with van der Waals surface area (Å²) in [7, 11) is -3.57. The van der Waals surface area contributed by atoms with Gasteiger partial charge in [-0.15, -0.1) is 0 Å². The molecule has 0 radical (unpaired) electrons. The number of rotatable bonds is 4. The molecule has 0 saturated carbocycles. The third kappa shape index (κ3) is 4.36. The molecule has 0 aromatic heterocycles. The molecule has 1 saturated heterocycles. The first kappa shape index (κ1) is 19.5. The fourth-order valence-corrected chi connectivity index (χ4v) is 4.92. The highest BCUT2D eigenvalue weighted by molar-refractivity contribution is 7.89. The zero-order valence-electron chi connectivity index (χ0n) is 15.5. The maximum Gasteiger partial charge on any atom is 0.243 e. The molecule has 0 unspecified atom stereocenters. The SMILES string of the molecule is Cc1ccc(C)c(S(=O)(=O)N2CCN(C(=O)Cc3ccc(F)cc3)CC2)c1. The molecule has 0 aliphatic carbocycles. The number of nitrogens with zero attached hydrogens (tertiary/aromatic N) is 2. The van der Waals surface area contributed by atoms with Crippen LogP contribution in [-0.4, -0.2) is 49.7 Å². The number of carbonyl (C=O) groups excluding carboxylic acids is 1. The quantitative estimate of drug-likeness (QED) is 0.806.